The van der Waals surface area contributed by atoms with Crippen LogP contribution in [0.15, 0.2) is 60.7 Å². The standard InChI is InChI=1S/C17H18N2O2/c1-17(2)15(13-9-5-3-6-10-13)18(20)16(19(17)21)14-11-7-4-8-12-14/h3-12,16,21H,1-2H3/t16-/m0/s1. The average Bonchev–Trinajstić information content (AvgIpc) is 2.67. The molecule has 0 fully saturated rings. The molecule has 1 heterocycles. The lowest BCUT2D eigenvalue weighted by atomic mass is 9.93. The zero-order chi connectivity index (χ0) is 15.0. The molecule has 0 unspecified atom stereocenters. The minimum atomic E-state index is -0.760. The highest BCUT2D eigenvalue weighted by molar-refractivity contribution is 6.04. The Morgan fingerprint density at radius 1 is 1.00 bits per heavy atom. The van der Waals surface area contributed by atoms with Gasteiger partial charge in [0.2, 0.25) is 5.71 Å². The van der Waals surface area contributed by atoms with E-state index in [9.17, 15) is 10.4 Å². The molecule has 0 saturated carbocycles. The summed E-state index contributed by atoms with van der Waals surface area (Å²) in [5, 5.41) is 24.5. The summed E-state index contributed by atoms with van der Waals surface area (Å²) in [5.41, 5.74) is 1.41. The van der Waals surface area contributed by atoms with Crippen LogP contribution < -0.4 is 0 Å². The van der Waals surface area contributed by atoms with Gasteiger partial charge in [-0.3, -0.25) is 0 Å². The molecule has 4 nitrogen and oxygen atoms in total. The van der Waals surface area contributed by atoms with Gasteiger partial charge in [0.05, 0.1) is 0 Å². The van der Waals surface area contributed by atoms with Crippen molar-refractivity contribution >= 4 is 5.71 Å². The number of rotatable bonds is 2. The molecule has 0 saturated heterocycles. The second kappa shape index (κ2) is 4.98. The number of benzene rings is 2. The van der Waals surface area contributed by atoms with Gasteiger partial charge >= 0.3 is 0 Å². The van der Waals surface area contributed by atoms with Crippen LogP contribution in [0.4, 0.5) is 0 Å². The maximum absolute atomic E-state index is 12.8. The molecule has 2 aromatic carbocycles. The molecule has 0 bridgehead atoms. The Morgan fingerprint density at radius 3 is 2.10 bits per heavy atom. The normalized spacial score (nSPS) is 21.8. The van der Waals surface area contributed by atoms with E-state index in [4.69, 9.17) is 0 Å². The number of hydrogen-bond acceptors (Lipinski definition) is 3. The fraction of sp³-hybridized carbons (Fsp3) is 0.235. The molecule has 0 spiro atoms. The van der Waals surface area contributed by atoms with Crippen molar-refractivity contribution in [2.24, 2.45) is 0 Å². The lowest BCUT2D eigenvalue weighted by Crippen LogP contribution is -2.44. The van der Waals surface area contributed by atoms with Crippen molar-refractivity contribution in [2.75, 3.05) is 0 Å². The van der Waals surface area contributed by atoms with Gasteiger partial charge < -0.3 is 10.4 Å². The Morgan fingerprint density at radius 2 is 1.52 bits per heavy atom. The van der Waals surface area contributed by atoms with E-state index in [-0.39, 0.29) is 0 Å². The van der Waals surface area contributed by atoms with E-state index >= 15 is 0 Å². The van der Waals surface area contributed by atoms with Crippen LogP contribution in [-0.4, -0.2) is 26.3 Å². The fourth-order valence-corrected chi connectivity index (χ4v) is 2.88. The van der Waals surface area contributed by atoms with E-state index < -0.39 is 11.7 Å². The summed E-state index contributed by atoms with van der Waals surface area (Å²) in [4.78, 5) is 0. The molecular weight excluding hydrogens is 264 g/mol. The van der Waals surface area contributed by atoms with Crippen LogP contribution in [0, 0.1) is 5.21 Å². The molecule has 0 amide bonds. The Labute approximate surface area is 124 Å². The quantitative estimate of drug-likeness (QED) is 0.680. The van der Waals surface area contributed by atoms with Crippen LogP contribution in [0.2, 0.25) is 0 Å². The molecule has 0 aromatic heterocycles. The third kappa shape index (κ3) is 2.13. The van der Waals surface area contributed by atoms with Crippen LogP contribution in [0.5, 0.6) is 0 Å². The van der Waals surface area contributed by atoms with Crippen molar-refractivity contribution in [1.82, 2.24) is 5.06 Å². The molecule has 1 aliphatic rings. The Bertz CT molecular complexity index is 666. The van der Waals surface area contributed by atoms with Gasteiger partial charge in [0, 0.05) is 11.1 Å². The zero-order valence-corrected chi connectivity index (χ0v) is 12.1. The van der Waals surface area contributed by atoms with Crippen LogP contribution in [-0.2, 0) is 0 Å². The maximum atomic E-state index is 12.8. The van der Waals surface area contributed by atoms with Crippen LogP contribution in [0.1, 0.15) is 31.1 Å². The summed E-state index contributed by atoms with van der Waals surface area (Å²) in [6.07, 6.45) is -0.726. The van der Waals surface area contributed by atoms with Crippen molar-refractivity contribution < 1.29 is 9.95 Å². The highest BCUT2D eigenvalue weighted by atomic mass is 16.5. The summed E-state index contributed by atoms with van der Waals surface area (Å²) in [5.74, 6) is 0. The van der Waals surface area contributed by atoms with Gasteiger partial charge in [0.15, 0.2) is 0 Å². The van der Waals surface area contributed by atoms with Crippen LogP contribution >= 0.6 is 0 Å². The Kier molecular flexibility index (Phi) is 3.27. The predicted molar refractivity (Wildman–Crippen MR) is 81.1 cm³/mol. The van der Waals surface area contributed by atoms with Gasteiger partial charge in [-0.25, -0.2) is 0 Å². The molecular formula is C17H18N2O2. The molecule has 1 aliphatic heterocycles. The third-order valence-corrected chi connectivity index (χ3v) is 3.97. The van der Waals surface area contributed by atoms with E-state index in [1.165, 1.54) is 0 Å². The molecule has 0 radical (unpaired) electrons. The number of hydrogen-bond donors (Lipinski definition) is 1. The van der Waals surface area contributed by atoms with E-state index in [1.807, 2.05) is 74.5 Å². The largest absolute Gasteiger partial charge is 0.622 e. The second-order valence-corrected chi connectivity index (χ2v) is 5.73. The van der Waals surface area contributed by atoms with Crippen molar-refractivity contribution in [2.45, 2.75) is 25.6 Å². The summed E-state index contributed by atoms with van der Waals surface area (Å²) in [6, 6.07) is 18.8. The second-order valence-electron chi connectivity index (χ2n) is 5.73. The maximum Gasteiger partial charge on any atom is 0.268 e. The minimum absolute atomic E-state index is 0.569. The van der Waals surface area contributed by atoms with Crippen molar-refractivity contribution in [3.8, 4) is 0 Å². The smallest absolute Gasteiger partial charge is 0.268 e. The van der Waals surface area contributed by atoms with Crippen molar-refractivity contribution in [1.29, 1.82) is 0 Å². The SMILES string of the molecule is CC1(C)C(c2ccccc2)=[N+]([O-])[C@H](c2ccccc2)N1O. The zero-order valence-electron chi connectivity index (χ0n) is 12.1. The molecule has 2 aromatic rings. The molecule has 0 aliphatic carbocycles. The summed E-state index contributed by atoms with van der Waals surface area (Å²) < 4.78 is 0.907. The number of nitrogens with zero attached hydrogens (tertiary/aromatic N) is 2. The first-order valence-electron chi connectivity index (χ1n) is 6.96. The Hall–Kier alpha value is -2.17. The van der Waals surface area contributed by atoms with Gasteiger partial charge in [0.25, 0.3) is 6.17 Å². The molecule has 1 N–H and O–H groups in total. The highest BCUT2D eigenvalue weighted by Gasteiger charge is 2.52. The van der Waals surface area contributed by atoms with Crippen LogP contribution in [0.3, 0.4) is 0 Å². The van der Waals surface area contributed by atoms with Gasteiger partial charge in [-0.15, -0.1) is 5.06 Å². The van der Waals surface area contributed by atoms with Crippen LogP contribution in [0.25, 0.3) is 0 Å². The van der Waals surface area contributed by atoms with Crippen molar-refractivity contribution in [3.63, 3.8) is 0 Å². The van der Waals surface area contributed by atoms with E-state index in [0.717, 1.165) is 20.9 Å². The Balaban J connectivity index is 2.15. The topological polar surface area (TPSA) is 49.5 Å². The molecule has 3 rings (SSSR count). The first-order chi connectivity index (χ1) is 10.0. The number of hydroxylamine groups is 3. The predicted octanol–water partition coefficient (Wildman–Crippen LogP) is 3.17. The van der Waals surface area contributed by atoms with Gasteiger partial charge in [-0.2, -0.15) is 4.74 Å². The minimum Gasteiger partial charge on any atom is -0.622 e. The molecule has 21 heavy (non-hydrogen) atoms. The summed E-state index contributed by atoms with van der Waals surface area (Å²) in [7, 11) is 0. The molecule has 108 valence electrons. The summed E-state index contributed by atoms with van der Waals surface area (Å²) in [6.45, 7) is 3.70. The monoisotopic (exact) mass is 282 g/mol. The first-order valence-corrected chi connectivity index (χ1v) is 6.96. The fourth-order valence-electron chi connectivity index (χ4n) is 2.88. The van der Waals surface area contributed by atoms with Crippen molar-refractivity contribution in [3.05, 3.63) is 77.0 Å². The van der Waals surface area contributed by atoms with E-state index in [0.29, 0.717) is 5.71 Å². The highest BCUT2D eigenvalue weighted by Crippen LogP contribution is 2.36. The van der Waals surface area contributed by atoms with Gasteiger partial charge in [0.1, 0.15) is 5.54 Å². The van der Waals surface area contributed by atoms with Gasteiger partial charge in [-0.1, -0.05) is 48.5 Å². The average molecular weight is 282 g/mol. The lowest BCUT2D eigenvalue weighted by Gasteiger charge is -2.25. The summed E-state index contributed by atoms with van der Waals surface area (Å²) >= 11 is 0. The first kappa shape index (κ1) is 13.8. The lowest BCUT2D eigenvalue weighted by molar-refractivity contribution is -0.544. The molecule has 4 heteroatoms. The van der Waals surface area contributed by atoms with E-state index in [1.54, 1.807) is 0 Å². The van der Waals surface area contributed by atoms with Gasteiger partial charge in [-0.05, 0) is 26.0 Å². The third-order valence-electron chi connectivity index (χ3n) is 3.97. The molecule has 1 atom stereocenters. The van der Waals surface area contributed by atoms with E-state index in [2.05, 4.69) is 0 Å².